The van der Waals surface area contributed by atoms with Gasteiger partial charge in [0, 0.05) is 5.56 Å². The molecule has 0 unspecified atom stereocenters. The molecule has 92 valence electrons. The van der Waals surface area contributed by atoms with Gasteiger partial charge >= 0.3 is 0 Å². The first-order valence-electron chi connectivity index (χ1n) is 6.14. The van der Waals surface area contributed by atoms with Gasteiger partial charge in [0.25, 0.3) is 0 Å². The van der Waals surface area contributed by atoms with Crippen molar-refractivity contribution in [3.05, 3.63) is 72.3 Å². The predicted octanol–water partition coefficient (Wildman–Crippen LogP) is 3.61. The Bertz CT molecular complexity index is 762. The lowest BCUT2D eigenvalue weighted by Gasteiger charge is -2.08. The Hall–Kier alpha value is -2.61. The maximum atomic E-state index is 11.5. The highest BCUT2D eigenvalue weighted by Crippen LogP contribution is 2.27. The largest absolute Gasteiger partial charge is 0.366 e. The van der Waals surface area contributed by atoms with Gasteiger partial charge in [-0.25, -0.2) is 0 Å². The summed E-state index contributed by atoms with van der Waals surface area (Å²) in [5.41, 5.74) is 7.86. The van der Waals surface area contributed by atoms with Crippen LogP contribution in [-0.4, -0.2) is 5.91 Å². The van der Waals surface area contributed by atoms with E-state index in [9.17, 15) is 4.79 Å². The van der Waals surface area contributed by atoms with Crippen molar-refractivity contribution in [2.75, 3.05) is 0 Å². The highest BCUT2D eigenvalue weighted by atomic mass is 16.1. The minimum atomic E-state index is -0.399. The number of nitrogens with two attached hydrogens (primary N) is 1. The summed E-state index contributed by atoms with van der Waals surface area (Å²) >= 11 is 0. The molecule has 0 radical (unpaired) electrons. The normalized spacial score (nSPS) is 10.5. The zero-order valence-corrected chi connectivity index (χ0v) is 10.3. The van der Waals surface area contributed by atoms with Crippen molar-refractivity contribution in [2.45, 2.75) is 0 Å². The van der Waals surface area contributed by atoms with Crippen LogP contribution in [0.1, 0.15) is 10.4 Å². The summed E-state index contributed by atoms with van der Waals surface area (Å²) < 4.78 is 0. The van der Waals surface area contributed by atoms with E-state index in [1.807, 2.05) is 36.4 Å². The standard InChI is InChI=1S/C17H13NO/c18-17(19)16-8-4-3-7-15(16)14-10-9-12-5-1-2-6-13(12)11-14/h1-11H,(H2,18,19). The Morgan fingerprint density at radius 2 is 1.47 bits per heavy atom. The molecule has 3 aromatic rings. The van der Waals surface area contributed by atoms with Crippen LogP contribution in [0.3, 0.4) is 0 Å². The average Bonchev–Trinajstić information content (AvgIpc) is 2.46. The number of carbonyl (C=O) groups excluding carboxylic acids is 1. The van der Waals surface area contributed by atoms with Crippen LogP contribution in [0.5, 0.6) is 0 Å². The van der Waals surface area contributed by atoms with Crippen LogP contribution >= 0.6 is 0 Å². The molecule has 2 heteroatoms. The maximum absolute atomic E-state index is 11.5. The lowest BCUT2D eigenvalue weighted by molar-refractivity contribution is 0.100. The van der Waals surface area contributed by atoms with Gasteiger partial charge in [-0.3, -0.25) is 4.79 Å². The zero-order valence-electron chi connectivity index (χ0n) is 10.3. The number of amides is 1. The molecular weight excluding hydrogens is 234 g/mol. The van der Waals surface area contributed by atoms with E-state index in [2.05, 4.69) is 24.3 Å². The van der Waals surface area contributed by atoms with Gasteiger partial charge in [0.15, 0.2) is 0 Å². The minimum Gasteiger partial charge on any atom is -0.366 e. The van der Waals surface area contributed by atoms with Crippen molar-refractivity contribution in [2.24, 2.45) is 5.73 Å². The summed E-state index contributed by atoms with van der Waals surface area (Å²) in [7, 11) is 0. The van der Waals surface area contributed by atoms with E-state index < -0.39 is 5.91 Å². The second-order valence-electron chi connectivity index (χ2n) is 4.47. The lowest BCUT2D eigenvalue weighted by Crippen LogP contribution is -2.12. The Morgan fingerprint density at radius 3 is 2.26 bits per heavy atom. The van der Waals surface area contributed by atoms with E-state index >= 15 is 0 Å². The van der Waals surface area contributed by atoms with Crippen LogP contribution in [0.4, 0.5) is 0 Å². The van der Waals surface area contributed by atoms with E-state index in [0.29, 0.717) is 5.56 Å². The molecule has 3 rings (SSSR count). The molecule has 0 spiro atoms. The molecule has 2 nitrogen and oxygen atoms in total. The molecule has 0 aliphatic rings. The number of hydrogen-bond donors (Lipinski definition) is 1. The van der Waals surface area contributed by atoms with Gasteiger partial charge in [-0.15, -0.1) is 0 Å². The van der Waals surface area contributed by atoms with Crippen LogP contribution in [-0.2, 0) is 0 Å². The number of fused-ring (bicyclic) bond motifs is 1. The van der Waals surface area contributed by atoms with Crippen LogP contribution < -0.4 is 5.73 Å². The summed E-state index contributed by atoms with van der Waals surface area (Å²) in [6, 6.07) is 21.7. The first-order valence-corrected chi connectivity index (χ1v) is 6.14. The minimum absolute atomic E-state index is 0.399. The van der Waals surface area contributed by atoms with E-state index in [4.69, 9.17) is 5.73 Å². The maximum Gasteiger partial charge on any atom is 0.249 e. The molecule has 19 heavy (non-hydrogen) atoms. The van der Waals surface area contributed by atoms with Gasteiger partial charge in [-0.2, -0.15) is 0 Å². The number of hydrogen-bond acceptors (Lipinski definition) is 1. The summed E-state index contributed by atoms with van der Waals surface area (Å²) in [6.07, 6.45) is 0. The van der Waals surface area contributed by atoms with Crippen molar-refractivity contribution >= 4 is 16.7 Å². The summed E-state index contributed by atoms with van der Waals surface area (Å²) in [4.78, 5) is 11.5. The molecule has 0 saturated carbocycles. The number of rotatable bonds is 2. The van der Waals surface area contributed by atoms with Crippen LogP contribution in [0, 0.1) is 0 Å². The third-order valence-electron chi connectivity index (χ3n) is 3.25. The molecule has 1 amide bonds. The average molecular weight is 247 g/mol. The predicted molar refractivity (Wildman–Crippen MR) is 77.9 cm³/mol. The van der Waals surface area contributed by atoms with Crippen molar-refractivity contribution < 1.29 is 4.79 Å². The molecule has 0 atom stereocenters. The fraction of sp³-hybridized carbons (Fsp3) is 0. The second kappa shape index (κ2) is 4.58. The number of benzene rings is 3. The van der Waals surface area contributed by atoms with Crippen LogP contribution in [0.15, 0.2) is 66.7 Å². The van der Waals surface area contributed by atoms with Gasteiger partial charge in [-0.05, 0) is 34.0 Å². The zero-order chi connectivity index (χ0) is 13.2. The quantitative estimate of drug-likeness (QED) is 0.738. The molecule has 0 saturated heterocycles. The Labute approximate surface area is 111 Å². The first kappa shape index (κ1) is 11.5. The molecule has 0 fully saturated rings. The fourth-order valence-corrected chi connectivity index (χ4v) is 2.31. The summed E-state index contributed by atoms with van der Waals surface area (Å²) in [5, 5.41) is 2.34. The molecule has 0 bridgehead atoms. The molecule has 0 aromatic heterocycles. The fourth-order valence-electron chi connectivity index (χ4n) is 2.31. The van der Waals surface area contributed by atoms with Gasteiger partial charge in [0.2, 0.25) is 5.91 Å². The third-order valence-corrected chi connectivity index (χ3v) is 3.25. The molecule has 3 aromatic carbocycles. The van der Waals surface area contributed by atoms with Gasteiger partial charge in [-0.1, -0.05) is 54.6 Å². The van der Waals surface area contributed by atoms with Crippen molar-refractivity contribution in [1.29, 1.82) is 0 Å². The Balaban J connectivity index is 2.22. The highest BCUT2D eigenvalue weighted by Gasteiger charge is 2.09. The van der Waals surface area contributed by atoms with Gasteiger partial charge < -0.3 is 5.73 Å². The van der Waals surface area contributed by atoms with Gasteiger partial charge in [0.05, 0.1) is 0 Å². The monoisotopic (exact) mass is 247 g/mol. The Kier molecular flexibility index (Phi) is 2.76. The van der Waals surface area contributed by atoms with Crippen molar-refractivity contribution in [3.63, 3.8) is 0 Å². The molecule has 2 N–H and O–H groups in total. The van der Waals surface area contributed by atoms with Crippen molar-refractivity contribution in [3.8, 4) is 11.1 Å². The number of primary amides is 1. The first-order chi connectivity index (χ1) is 9.25. The highest BCUT2D eigenvalue weighted by molar-refractivity contribution is 6.00. The lowest BCUT2D eigenvalue weighted by atomic mass is 9.97. The smallest absolute Gasteiger partial charge is 0.249 e. The Morgan fingerprint density at radius 1 is 0.789 bits per heavy atom. The SMILES string of the molecule is NC(=O)c1ccccc1-c1ccc2ccccc2c1. The van der Waals surface area contributed by atoms with Crippen LogP contribution in [0.25, 0.3) is 21.9 Å². The topological polar surface area (TPSA) is 43.1 Å². The van der Waals surface area contributed by atoms with E-state index in [1.165, 1.54) is 5.39 Å². The van der Waals surface area contributed by atoms with Crippen molar-refractivity contribution in [1.82, 2.24) is 0 Å². The summed E-state index contributed by atoms with van der Waals surface area (Å²) in [6.45, 7) is 0. The molecule has 0 aliphatic heterocycles. The molecular formula is C17H13NO. The van der Waals surface area contributed by atoms with E-state index in [0.717, 1.165) is 16.5 Å². The van der Waals surface area contributed by atoms with Gasteiger partial charge in [0.1, 0.15) is 0 Å². The van der Waals surface area contributed by atoms with Crippen LogP contribution in [0.2, 0.25) is 0 Å². The van der Waals surface area contributed by atoms with E-state index in [-0.39, 0.29) is 0 Å². The molecule has 0 aliphatic carbocycles. The number of carbonyl (C=O) groups is 1. The van der Waals surface area contributed by atoms with E-state index in [1.54, 1.807) is 6.07 Å². The summed E-state index contributed by atoms with van der Waals surface area (Å²) in [5.74, 6) is -0.399. The molecule has 0 heterocycles. The second-order valence-corrected chi connectivity index (χ2v) is 4.47. The third kappa shape index (κ3) is 2.08.